The van der Waals surface area contributed by atoms with Crippen molar-refractivity contribution in [2.75, 3.05) is 13.1 Å². The van der Waals surface area contributed by atoms with Crippen molar-refractivity contribution in [3.8, 4) is 0 Å². The Labute approximate surface area is 149 Å². The third-order valence-corrected chi connectivity index (χ3v) is 5.21. The number of rotatable bonds is 5. The molecule has 0 aromatic heterocycles. The van der Waals surface area contributed by atoms with Crippen molar-refractivity contribution >= 4 is 11.8 Å². The minimum Gasteiger partial charge on any atom is -0.448 e. The average molecular weight is 339 g/mol. The standard InChI is InChI=1S/C21H25NO3/c1-16-7-5-6-8-17(16)15-19(23)20(24)25-21(11-13-22-14-12-21)18-9-3-2-4-10-18/h2-10,16-17,22H,11-15H2,1H3. The number of piperidine rings is 1. The van der Waals surface area contributed by atoms with Crippen molar-refractivity contribution < 1.29 is 14.3 Å². The molecule has 132 valence electrons. The van der Waals surface area contributed by atoms with Crippen LogP contribution in [0, 0.1) is 11.8 Å². The lowest BCUT2D eigenvalue weighted by atomic mass is 9.84. The molecule has 0 saturated carbocycles. The van der Waals surface area contributed by atoms with E-state index in [1.807, 2.05) is 48.6 Å². The Bertz CT molecular complexity index is 672. The van der Waals surface area contributed by atoms with Gasteiger partial charge in [-0.1, -0.05) is 61.6 Å². The van der Waals surface area contributed by atoms with E-state index in [1.54, 1.807) is 0 Å². The predicted octanol–water partition coefficient (Wildman–Crippen LogP) is 3.15. The van der Waals surface area contributed by atoms with Crippen LogP contribution >= 0.6 is 0 Å². The fourth-order valence-electron chi connectivity index (χ4n) is 3.57. The zero-order valence-corrected chi connectivity index (χ0v) is 14.6. The van der Waals surface area contributed by atoms with E-state index in [1.165, 1.54) is 0 Å². The third kappa shape index (κ3) is 4.07. The van der Waals surface area contributed by atoms with Crippen LogP contribution in [-0.4, -0.2) is 24.8 Å². The molecular weight excluding hydrogens is 314 g/mol. The van der Waals surface area contributed by atoms with Gasteiger partial charge in [0.25, 0.3) is 0 Å². The smallest absolute Gasteiger partial charge is 0.375 e. The first-order chi connectivity index (χ1) is 12.1. The molecule has 1 fully saturated rings. The van der Waals surface area contributed by atoms with Gasteiger partial charge in [0.1, 0.15) is 5.60 Å². The van der Waals surface area contributed by atoms with Crippen LogP contribution in [-0.2, 0) is 19.9 Å². The van der Waals surface area contributed by atoms with Crippen LogP contribution in [0.3, 0.4) is 0 Å². The topological polar surface area (TPSA) is 55.4 Å². The highest BCUT2D eigenvalue weighted by molar-refractivity contribution is 6.33. The summed E-state index contributed by atoms with van der Waals surface area (Å²) in [6, 6.07) is 9.76. The summed E-state index contributed by atoms with van der Waals surface area (Å²) >= 11 is 0. The molecule has 1 heterocycles. The molecule has 25 heavy (non-hydrogen) atoms. The predicted molar refractivity (Wildman–Crippen MR) is 96.9 cm³/mol. The summed E-state index contributed by atoms with van der Waals surface area (Å²) in [5.74, 6) is -0.832. The van der Waals surface area contributed by atoms with Crippen molar-refractivity contribution in [2.24, 2.45) is 11.8 Å². The first-order valence-electron chi connectivity index (χ1n) is 8.98. The van der Waals surface area contributed by atoms with E-state index < -0.39 is 17.4 Å². The summed E-state index contributed by atoms with van der Waals surface area (Å²) in [6.07, 6.45) is 9.51. The number of carbonyl (C=O) groups excluding carboxylic acids is 2. The molecule has 1 aromatic rings. The molecule has 2 aliphatic rings. The largest absolute Gasteiger partial charge is 0.448 e. The van der Waals surface area contributed by atoms with E-state index in [-0.39, 0.29) is 18.3 Å². The molecule has 0 bridgehead atoms. The lowest BCUT2D eigenvalue weighted by Gasteiger charge is -2.37. The maximum absolute atomic E-state index is 12.5. The van der Waals surface area contributed by atoms with Crippen molar-refractivity contribution in [3.63, 3.8) is 0 Å². The zero-order chi connectivity index (χ0) is 17.7. The van der Waals surface area contributed by atoms with Gasteiger partial charge < -0.3 is 10.1 Å². The SMILES string of the molecule is CC1C=CC=CC1CC(=O)C(=O)OC1(c2ccccc2)CCNCC1. The van der Waals surface area contributed by atoms with Crippen molar-refractivity contribution in [1.82, 2.24) is 5.32 Å². The maximum atomic E-state index is 12.5. The van der Waals surface area contributed by atoms with E-state index in [2.05, 4.69) is 18.3 Å². The molecule has 2 atom stereocenters. The van der Waals surface area contributed by atoms with Gasteiger partial charge in [-0.15, -0.1) is 0 Å². The lowest BCUT2D eigenvalue weighted by molar-refractivity contribution is -0.170. The highest BCUT2D eigenvalue weighted by Gasteiger charge is 2.39. The van der Waals surface area contributed by atoms with Gasteiger partial charge in [-0.05, 0) is 30.5 Å². The summed E-state index contributed by atoms with van der Waals surface area (Å²) in [5.41, 5.74) is 0.263. The molecule has 4 heteroatoms. The lowest BCUT2D eigenvalue weighted by Crippen LogP contribution is -2.44. The second-order valence-electron chi connectivity index (χ2n) is 6.92. The van der Waals surface area contributed by atoms with Gasteiger partial charge in [-0.2, -0.15) is 0 Å². The minimum atomic E-state index is -0.707. The van der Waals surface area contributed by atoms with E-state index in [0.29, 0.717) is 12.8 Å². The molecule has 1 saturated heterocycles. The Morgan fingerprint density at radius 2 is 1.80 bits per heavy atom. The summed E-state index contributed by atoms with van der Waals surface area (Å²) in [5, 5.41) is 3.29. The number of ether oxygens (including phenoxy) is 1. The van der Waals surface area contributed by atoms with Crippen molar-refractivity contribution in [2.45, 2.75) is 31.8 Å². The van der Waals surface area contributed by atoms with Gasteiger partial charge in [-0.3, -0.25) is 4.79 Å². The number of benzene rings is 1. The number of hydrogen-bond acceptors (Lipinski definition) is 4. The molecule has 0 spiro atoms. The average Bonchev–Trinajstić information content (AvgIpc) is 2.65. The summed E-state index contributed by atoms with van der Waals surface area (Å²) < 4.78 is 5.83. The molecule has 1 N–H and O–H groups in total. The van der Waals surface area contributed by atoms with Crippen LogP contribution in [0.2, 0.25) is 0 Å². The first kappa shape index (κ1) is 17.6. The molecule has 3 rings (SSSR count). The van der Waals surface area contributed by atoms with Gasteiger partial charge in [0.15, 0.2) is 0 Å². The first-order valence-corrected chi connectivity index (χ1v) is 8.98. The molecule has 0 radical (unpaired) electrons. The number of carbonyl (C=O) groups is 2. The second-order valence-corrected chi connectivity index (χ2v) is 6.92. The monoisotopic (exact) mass is 339 g/mol. The summed E-state index contributed by atoms with van der Waals surface area (Å²) in [7, 11) is 0. The Kier molecular flexibility index (Phi) is 5.49. The quantitative estimate of drug-likeness (QED) is 0.661. The third-order valence-electron chi connectivity index (χ3n) is 5.21. The number of ketones is 1. The Morgan fingerprint density at radius 1 is 1.12 bits per heavy atom. The number of hydrogen-bond donors (Lipinski definition) is 1. The number of Topliss-reactive ketones (excluding diaryl/α,β-unsaturated/α-hetero) is 1. The highest BCUT2D eigenvalue weighted by atomic mass is 16.6. The van der Waals surface area contributed by atoms with E-state index in [0.717, 1.165) is 18.7 Å². The van der Waals surface area contributed by atoms with Crippen LogP contribution in [0.1, 0.15) is 31.7 Å². The van der Waals surface area contributed by atoms with Gasteiger partial charge in [0.2, 0.25) is 5.78 Å². The second kappa shape index (κ2) is 7.79. The summed E-state index contributed by atoms with van der Waals surface area (Å²) in [6.45, 7) is 3.59. The molecule has 1 aliphatic carbocycles. The van der Waals surface area contributed by atoms with Crippen LogP contribution in [0.15, 0.2) is 54.6 Å². The van der Waals surface area contributed by atoms with Crippen LogP contribution in [0.5, 0.6) is 0 Å². The molecule has 4 nitrogen and oxygen atoms in total. The normalized spacial score (nSPS) is 24.7. The van der Waals surface area contributed by atoms with E-state index in [9.17, 15) is 9.59 Å². The Hall–Kier alpha value is -2.20. The number of allylic oxidation sites excluding steroid dienone is 4. The molecule has 1 aliphatic heterocycles. The minimum absolute atomic E-state index is 0.0609. The molecule has 1 aromatic carbocycles. The maximum Gasteiger partial charge on any atom is 0.375 e. The van der Waals surface area contributed by atoms with Gasteiger partial charge in [-0.25, -0.2) is 4.79 Å². The van der Waals surface area contributed by atoms with Crippen molar-refractivity contribution in [1.29, 1.82) is 0 Å². The molecular formula is C21H25NO3. The Balaban J connectivity index is 1.71. The number of nitrogens with one attached hydrogen (secondary N) is 1. The number of esters is 1. The van der Waals surface area contributed by atoms with Crippen LogP contribution < -0.4 is 5.32 Å². The van der Waals surface area contributed by atoms with E-state index in [4.69, 9.17) is 4.74 Å². The molecule has 0 amide bonds. The van der Waals surface area contributed by atoms with Crippen LogP contribution in [0.25, 0.3) is 0 Å². The highest BCUT2D eigenvalue weighted by Crippen LogP contribution is 2.35. The van der Waals surface area contributed by atoms with Crippen LogP contribution in [0.4, 0.5) is 0 Å². The van der Waals surface area contributed by atoms with E-state index >= 15 is 0 Å². The fraction of sp³-hybridized carbons (Fsp3) is 0.429. The van der Waals surface area contributed by atoms with Gasteiger partial charge >= 0.3 is 5.97 Å². The summed E-state index contributed by atoms with van der Waals surface area (Å²) in [4.78, 5) is 25.0. The molecule has 2 unspecified atom stereocenters. The zero-order valence-electron chi connectivity index (χ0n) is 14.6. The van der Waals surface area contributed by atoms with Gasteiger partial charge in [0.05, 0.1) is 0 Å². The Morgan fingerprint density at radius 3 is 2.48 bits per heavy atom. The fourth-order valence-corrected chi connectivity index (χ4v) is 3.57. The van der Waals surface area contributed by atoms with Crippen molar-refractivity contribution in [3.05, 3.63) is 60.2 Å². The van der Waals surface area contributed by atoms with Gasteiger partial charge in [0, 0.05) is 19.3 Å².